The molecule has 0 bridgehead atoms. The minimum absolute atomic E-state index is 1.19. The van der Waals surface area contributed by atoms with Gasteiger partial charge in [-0.15, -0.1) is 11.3 Å². The summed E-state index contributed by atoms with van der Waals surface area (Å²) in [6.45, 7) is 4.45. The molecule has 1 rings (SSSR count). The van der Waals surface area contributed by atoms with Gasteiger partial charge in [0, 0.05) is 13.9 Å². The Hall–Kier alpha value is 0.130. The van der Waals surface area contributed by atoms with Crippen LogP contribution < -0.4 is 4.62 Å². The van der Waals surface area contributed by atoms with Crippen LogP contribution in [0.25, 0.3) is 0 Å². The number of hydrogen-bond donors (Lipinski definition) is 0. The fraction of sp³-hybridized carbons (Fsp3) is 0.600. The third-order valence-corrected chi connectivity index (χ3v) is 3.44. The number of rotatable bonds is 4. The van der Waals surface area contributed by atoms with Crippen molar-refractivity contribution in [1.82, 2.24) is 0 Å². The van der Waals surface area contributed by atoms with Crippen molar-refractivity contribution in [3.8, 4) is 0 Å². The SMILES string of the molecule is CCCc1csc([P])c1CCC. The predicted molar refractivity (Wildman–Crippen MR) is 58.9 cm³/mol. The molecule has 0 atom stereocenters. The highest BCUT2D eigenvalue weighted by molar-refractivity contribution is 7.43. The lowest BCUT2D eigenvalue weighted by Gasteiger charge is -2.01. The van der Waals surface area contributed by atoms with E-state index in [0.29, 0.717) is 0 Å². The van der Waals surface area contributed by atoms with Crippen LogP contribution in [0, 0.1) is 0 Å². The molecule has 0 nitrogen and oxygen atoms in total. The molecule has 0 amide bonds. The Labute approximate surface area is 81.6 Å². The van der Waals surface area contributed by atoms with Gasteiger partial charge in [0.2, 0.25) is 0 Å². The Morgan fingerprint density at radius 1 is 1.25 bits per heavy atom. The largest absolute Gasteiger partial charge is 0.143 e. The minimum Gasteiger partial charge on any atom is -0.143 e. The van der Waals surface area contributed by atoms with E-state index in [0.717, 1.165) is 0 Å². The number of thiophene rings is 1. The van der Waals surface area contributed by atoms with Gasteiger partial charge in [-0.05, 0) is 29.3 Å². The zero-order chi connectivity index (χ0) is 8.97. The Kier molecular flexibility index (Phi) is 4.25. The first-order chi connectivity index (χ1) is 5.79. The van der Waals surface area contributed by atoms with Crippen LogP contribution in [0.3, 0.4) is 0 Å². The molecule has 0 saturated carbocycles. The molecule has 0 saturated heterocycles. The second-order valence-corrected chi connectivity index (χ2v) is 4.67. The molecule has 0 aliphatic rings. The van der Waals surface area contributed by atoms with E-state index >= 15 is 0 Å². The van der Waals surface area contributed by atoms with Crippen molar-refractivity contribution in [3.63, 3.8) is 0 Å². The summed E-state index contributed by atoms with van der Waals surface area (Å²) in [6, 6.07) is 0. The molecule has 0 unspecified atom stereocenters. The highest BCUT2D eigenvalue weighted by Gasteiger charge is 2.06. The van der Waals surface area contributed by atoms with Gasteiger partial charge in [-0.3, -0.25) is 0 Å². The molecule has 0 spiro atoms. The first kappa shape index (κ1) is 10.2. The lowest BCUT2D eigenvalue weighted by atomic mass is 10.1. The molecule has 1 heterocycles. The van der Waals surface area contributed by atoms with Crippen molar-refractivity contribution < 1.29 is 0 Å². The van der Waals surface area contributed by atoms with Gasteiger partial charge in [0.25, 0.3) is 0 Å². The molecule has 1 aromatic rings. The van der Waals surface area contributed by atoms with Gasteiger partial charge in [0.1, 0.15) is 0 Å². The number of hydrogen-bond acceptors (Lipinski definition) is 1. The molecule has 66 valence electrons. The maximum atomic E-state index is 4.46. The monoisotopic (exact) mass is 198 g/mol. The van der Waals surface area contributed by atoms with E-state index in [4.69, 9.17) is 0 Å². The third-order valence-electron chi connectivity index (χ3n) is 1.98. The van der Waals surface area contributed by atoms with Gasteiger partial charge >= 0.3 is 0 Å². The van der Waals surface area contributed by atoms with E-state index in [-0.39, 0.29) is 0 Å². The third kappa shape index (κ3) is 2.31. The van der Waals surface area contributed by atoms with Crippen molar-refractivity contribution in [3.05, 3.63) is 16.5 Å². The summed E-state index contributed by atoms with van der Waals surface area (Å²) in [5.41, 5.74) is 3.02. The van der Waals surface area contributed by atoms with Gasteiger partial charge in [-0.1, -0.05) is 26.7 Å². The summed E-state index contributed by atoms with van der Waals surface area (Å²) in [6.07, 6.45) is 4.87. The van der Waals surface area contributed by atoms with Crippen LogP contribution in [0.4, 0.5) is 0 Å². The summed E-state index contributed by atoms with van der Waals surface area (Å²) in [5.74, 6) is 0. The molecule has 0 aliphatic carbocycles. The molecule has 2 radical (unpaired) electrons. The van der Waals surface area contributed by atoms with Crippen molar-refractivity contribution in [1.29, 1.82) is 0 Å². The molecule has 2 heteroatoms. The molecular weight excluding hydrogens is 183 g/mol. The number of aryl methyl sites for hydroxylation is 1. The van der Waals surface area contributed by atoms with Crippen LogP contribution in [-0.2, 0) is 12.8 Å². The van der Waals surface area contributed by atoms with Gasteiger partial charge in [-0.25, -0.2) is 0 Å². The topological polar surface area (TPSA) is 0 Å². The van der Waals surface area contributed by atoms with E-state index in [1.54, 1.807) is 11.3 Å². The van der Waals surface area contributed by atoms with E-state index in [1.807, 2.05) is 0 Å². The normalized spacial score (nSPS) is 10.6. The molecule has 12 heavy (non-hydrogen) atoms. The average Bonchev–Trinajstić information content (AvgIpc) is 2.37. The maximum Gasteiger partial charge on any atom is 0.0414 e. The van der Waals surface area contributed by atoms with Gasteiger partial charge in [0.05, 0.1) is 0 Å². The summed E-state index contributed by atoms with van der Waals surface area (Å²) in [7, 11) is 4.46. The molecule has 0 fully saturated rings. The summed E-state index contributed by atoms with van der Waals surface area (Å²) < 4.78 is 1.22. The Balaban J connectivity index is 2.80. The minimum atomic E-state index is 1.19. The summed E-state index contributed by atoms with van der Waals surface area (Å²) in [4.78, 5) is 0. The molecular formula is C10H15PS. The van der Waals surface area contributed by atoms with Crippen molar-refractivity contribution in [2.75, 3.05) is 0 Å². The van der Waals surface area contributed by atoms with Crippen LogP contribution in [0.5, 0.6) is 0 Å². The maximum absolute atomic E-state index is 4.46. The predicted octanol–water partition coefficient (Wildman–Crippen LogP) is 3.69. The van der Waals surface area contributed by atoms with Crippen LogP contribution in [0.2, 0.25) is 0 Å². The molecule has 0 aromatic carbocycles. The van der Waals surface area contributed by atoms with Gasteiger partial charge in [-0.2, -0.15) is 0 Å². The second kappa shape index (κ2) is 4.99. The van der Waals surface area contributed by atoms with Gasteiger partial charge < -0.3 is 0 Å². The van der Waals surface area contributed by atoms with Crippen LogP contribution in [0.15, 0.2) is 5.38 Å². The second-order valence-electron chi connectivity index (χ2n) is 3.04. The zero-order valence-corrected chi connectivity index (χ0v) is 9.47. The first-order valence-corrected chi connectivity index (χ1v) is 5.90. The fourth-order valence-corrected chi connectivity index (χ4v) is 2.71. The van der Waals surface area contributed by atoms with Crippen molar-refractivity contribution >= 4 is 25.2 Å². The van der Waals surface area contributed by atoms with Crippen LogP contribution in [-0.4, -0.2) is 0 Å². The fourth-order valence-electron chi connectivity index (χ4n) is 1.40. The van der Waals surface area contributed by atoms with E-state index in [2.05, 4.69) is 28.5 Å². The molecule has 0 aliphatic heterocycles. The Bertz CT molecular complexity index is 240. The van der Waals surface area contributed by atoms with Crippen LogP contribution >= 0.6 is 20.6 Å². The molecule has 1 aromatic heterocycles. The quantitative estimate of drug-likeness (QED) is 0.647. The lowest BCUT2D eigenvalue weighted by molar-refractivity contribution is 0.872. The van der Waals surface area contributed by atoms with E-state index in [9.17, 15) is 0 Å². The highest BCUT2D eigenvalue weighted by Crippen LogP contribution is 2.18. The zero-order valence-electron chi connectivity index (χ0n) is 7.76. The summed E-state index contributed by atoms with van der Waals surface area (Å²) in [5, 5.41) is 2.26. The highest BCUT2D eigenvalue weighted by atomic mass is 32.1. The van der Waals surface area contributed by atoms with Crippen molar-refractivity contribution in [2.45, 2.75) is 39.5 Å². The molecule has 0 N–H and O–H groups in total. The van der Waals surface area contributed by atoms with Crippen molar-refractivity contribution in [2.24, 2.45) is 0 Å². The Morgan fingerprint density at radius 3 is 2.50 bits per heavy atom. The first-order valence-electron chi connectivity index (χ1n) is 4.57. The summed E-state index contributed by atoms with van der Waals surface area (Å²) >= 11 is 1.78. The standard InChI is InChI=1S/C10H15PS/c1-3-5-8-7-12-10(11)9(8)6-4-2/h7H,3-6H2,1-2H3. The van der Waals surface area contributed by atoms with Gasteiger partial charge in [0.15, 0.2) is 0 Å². The average molecular weight is 198 g/mol. The van der Waals surface area contributed by atoms with Crippen LogP contribution in [0.1, 0.15) is 37.8 Å². The lowest BCUT2D eigenvalue weighted by Crippen LogP contribution is -1.97. The smallest absolute Gasteiger partial charge is 0.0414 e. The Morgan fingerprint density at radius 2 is 1.92 bits per heavy atom. The van der Waals surface area contributed by atoms with E-state index in [1.165, 1.54) is 41.4 Å². The van der Waals surface area contributed by atoms with E-state index < -0.39 is 0 Å².